The number of halogens is 2. The number of carbonyl (C=O) groups is 2. The standard InChI is InChI=1S/C28H31Cl2N3O4S/c1-4-17-31-28(35)21(3)32(18-22-10-6-7-11-25(22)30)27(34)19-33(26-12-8-5-9-20(26)2)38(36,37)24-15-13-23(29)14-16-24/h5-16,21H,4,17-19H2,1-3H3,(H,31,35). The molecule has 0 saturated heterocycles. The Hall–Kier alpha value is -3.07. The van der Waals surface area contributed by atoms with Gasteiger partial charge in [-0.15, -0.1) is 0 Å². The van der Waals surface area contributed by atoms with Crippen LogP contribution in [0, 0.1) is 6.92 Å². The summed E-state index contributed by atoms with van der Waals surface area (Å²) in [7, 11) is -4.16. The highest BCUT2D eigenvalue weighted by Crippen LogP contribution is 2.28. The number of benzene rings is 3. The summed E-state index contributed by atoms with van der Waals surface area (Å²) in [5, 5.41) is 3.64. The van der Waals surface area contributed by atoms with Crippen molar-refractivity contribution in [3.8, 4) is 0 Å². The molecular formula is C28H31Cl2N3O4S. The number of aryl methyl sites for hydroxylation is 1. The number of nitrogens with one attached hydrogen (secondary N) is 1. The van der Waals surface area contributed by atoms with E-state index < -0.39 is 28.5 Å². The van der Waals surface area contributed by atoms with E-state index in [0.717, 1.165) is 10.7 Å². The maximum Gasteiger partial charge on any atom is 0.264 e. The van der Waals surface area contributed by atoms with Crippen LogP contribution in [-0.2, 0) is 26.2 Å². The molecule has 10 heteroatoms. The van der Waals surface area contributed by atoms with Crippen molar-refractivity contribution in [2.75, 3.05) is 17.4 Å². The topological polar surface area (TPSA) is 86.8 Å². The van der Waals surface area contributed by atoms with Crippen molar-refractivity contribution in [3.05, 3.63) is 94.0 Å². The van der Waals surface area contributed by atoms with Gasteiger partial charge in [-0.3, -0.25) is 13.9 Å². The number of sulfonamides is 1. The average molecular weight is 577 g/mol. The molecule has 0 saturated carbocycles. The van der Waals surface area contributed by atoms with Gasteiger partial charge in [0.1, 0.15) is 12.6 Å². The lowest BCUT2D eigenvalue weighted by Crippen LogP contribution is -2.51. The number of hydrogen-bond acceptors (Lipinski definition) is 4. The molecule has 0 heterocycles. The van der Waals surface area contributed by atoms with Crippen molar-refractivity contribution in [2.45, 2.75) is 44.7 Å². The van der Waals surface area contributed by atoms with E-state index in [2.05, 4.69) is 5.32 Å². The predicted octanol–water partition coefficient (Wildman–Crippen LogP) is 5.44. The van der Waals surface area contributed by atoms with Crippen molar-refractivity contribution in [1.29, 1.82) is 0 Å². The molecule has 7 nitrogen and oxygen atoms in total. The summed E-state index contributed by atoms with van der Waals surface area (Å²) in [5.74, 6) is -0.889. The van der Waals surface area contributed by atoms with Crippen LogP contribution in [0.1, 0.15) is 31.4 Å². The summed E-state index contributed by atoms with van der Waals surface area (Å²) in [6, 6.07) is 18.8. The minimum absolute atomic E-state index is 0.00987. The molecule has 0 aromatic heterocycles. The molecule has 3 rings (SSSR count). The minimum atomic E-state index is -4.16. The normalized spacial score (nSPS) is 12.0. The van der Waals surface area contributed by atoms with Crippen LogP contribution in [0.4, 0.5) is 5.69 Å². The third kappa shape index (κ3) is 7.07. The zero-order chi connectivity index (χ0) is 27.9. The number of carbonyl (C=O) groups excluding carboxylic acids is 2. The number of hydrogen-bond donors (Lipinski definition) is 1. The van der Waals surface area contributed by atoms with Crippen molar-refractivity contribution in [2.24, 2.45) is 0 Å². The van der Waals surface area contributed by atoms with E-state index in [0.29, 0.717) is 33.4 Å². The molecule has 3 aromatic rings. The summed E-state index contributed by atoms with van der Waals surface area (Å²) in [5.41, 5.74) is 1.67. The molecule has 0 bridgehead atoms. The SMILES string of the molecule is CCCNC(=O)C(C)N(Cc1ccccc1Cl)C(=O)CN(c1ccccc1C)S(=O)(=O)c1ccc(Cl)cc1. The Kier molecular flexibility index (Phi) is 10.2. The maximum atomic E-state index is 13.9. The minimum Gasteiger partial charge on any atom is -0.354 e. The Morgan fingerprint density at radius 2 is 1.58 bits per heavy atom. The molecule has 2 amide bonds. The third-order valence-corrected chi connectivity index (χ3v) is 8.47. The van der Waals surface area contributed by atoms with Gasteiger partial charge in [0.15, 0.2) is 0 Å². The molecular weight excluding hydrogens is 545 g/mol. The van der Waals surface area contributed by atoms with Crippen LogP contribution in [0.5, 0.6) is 0 Å². The van der Waals surface area contributed by atoms with Crippen LogP contribution in [0.15, 0.2) is 77.7 Å². The number of anilines is 1. The fourth-order valence-corrected chi connectivity index (χ4v) is 5.68. The molecule has 0 aliphatic rings. The van der Waals surface area contributed by atoms with Gasteiger partial charge in [-0.05, 0) is 67.8 Å². The lowest BCUT2D eigenvalue weighted by atomic mass is 10.1. The Balaban J connectivity index is 2.04. The van der Waals surface area contributed by atoms with Gasteiger partial charge < -0.3 is 10.2 Å². The molecule has 0 aliphatic heterocycles. The molecule has 0 aliphatic carbocycles. The van der Waals surface area contributed by atoms with Crippen LogP contribution in [0.25, 0.3) is 0 Å². The third-order valence-electron chi connectivity index (χ3n) is 6.08. The first-order valence-corrected chi connectivity index (χ1v) is 14.4. The Labute approximate surface area is 234 Å². The molecule has 0 fully saturated rings. The lowest BCUT2D eigenvalue weighted by molar-refractivity contribution is -0.139. The highest BCUT2D eigenvalue weighted by molar-refractivity contribution is 7.92. The van der Waals surface area contributed by atoms with Gasteiger partial charge in [0.25, 0.3) is 10.0 Å². The smallest absolute Gasteiger partial charge is 0.264 e. The van der Waals surface area contributed by atoms with Crippen LogP contribution in [0.2, 0.25) is 10.0 Å². The number of nitrogens with zero attached hydrogens (tertiary/aromatic N) is 2. The fraction of sp³-hybridized carbons (Fsp3) is 0.286. The summed E-state index contributed by atoms with van der Waals surface area (Å²) in [6.07, 6.45) is 0.733. The van der Waals surface area contributed by atoms with Crippen LogP contribution >= 0.6 is 23.2 Å². The number of rotatable bonds is 11. The molecule has 3 aromatic carbocycles. The first kappa shape index (κ1) is 29.5. The number of amides is 2. The molecule has 1 atom stereocenters. The van der Waals surface area contributed by atoms with Gasteiger partial charge in [-0.25, -0.2) is 8.42 Å². The summed E-state index contributed by atoms with van der Waals surface area (Å²) in [4.78, 5) is 28.1. The van der Waals surface area contributed by atoms with Gasteiger partial charge >= 0.3 is 0 Å². The van der Waals surface area contributed by atoms with E-state index in [9.17, 15) is 18.0 Å². The van der Waals surface area contributed by atoms with E-state index in [1.54, 1.807) is 62.4 Å². The Morgan fingerprint density at radius 3 is 2.21 bits per heavy atom. The molecule has 38 heavy (non-hydrogen) atoms. The van der Waals surface area contributed by atoms with E-state index in [1.807, 2.05) is 6.92 Å². The highest BCUT2D eigenvalue weighted by atomic mass is 35.5. The van der Waals surface area contributed by atoms with Crippen molar-refractivity contribution in [1.82, 2.24) is 10.2 Å². The molecule has 1 unspecified atom stereocenters. The van der Waals surface area contributed by atoms with Gasteiger partial charge in [0.05, 0.1) is 10.6 Å². The first-order valence-electron chi connectivity index (χ1n) is 12.2. The van der Waals surface area contributed by atoms with Gasteiger partial charge in [-0.1, -0.05) is 66.5 Å². The van der Waals surface area contributed by atoms with Crippen molar-refractivity contribution >= 4 is 50.7 Å². The molecule has 1 N–H and O–H groups in total. The Morgan fingerprint density at radius 1 is 0.947 bits per heavy atom. The zero-order valence-electron chi connectivity index (χ0n) is 21.5. The number of para-hydroxylation sites is 1. The van der Waals surface area contributed by atoms with E-state index in [4.69, 9.17) is 23.2 Å². The lowest BCUT2D eigenvalue weighted by Gasteiger charge is -2.32. The molecule has 0 spiro atoms. The first-order chi connectivity index (χ1) is 18.1. The van der Waals surface area contributed by atoms with E-state index in [-0.39, 0.29) is 17.3 Å². The zero-order valence-corrected chi connectivity index (χ0v) is 23.9. The summed E-state index contributed by atoms with van der Waals surface area (Å²) >= 11 is 12.4. The van der Waals surface area contributed by atoms with E-state index >= 15 is 0 Å². The molecule has 0 radical (unpaired) electrons. The monoisotopic (exact) mass is 575 g/mol. The van der Waals surface area contributed by atoms with Crippen LogP contribution in [-0.4, -0.2) is 44.3 Å². The fourth-order valence-electron chi connectivity index (χ4n) is 3.88. The van der Waals surface area contributed by atoms with Crippen LogP contribution in [0.3, 0.4) is 0 Å². The molecule has 202 valence electrons. The summed E-state index contributed by atoms with van der Waals surface area (Å²) < 4.78 is 28.7. The second-order valence-corrected chi connectivity index (χ2v) is 11.5. The summed E-state index contributed by atoms with van der Waals surface area (Å²) in [6.45, 7) is 5.28. The van der Waals surface area contributed by atoms with Crippen molar-refractivity contribution < 1.29 is 18.0 Å². The Bertz CT molecular complexity index is 1380. The van der Waals surface area contributed by atoms with Crippen molar-refractivity contribution in [3.63, 3.8) is 0 Å². The second-order valence-electron chi connectivity index (χ2n) is 8.83. The van der Waals surface area contributed by atoms with Gasteiger partial charge in [0, 0.05) is 23.1 Å². The predicted molar refractivity (Wildman–Crippen MR) is 152 cm³/mol. The van der Waals surface area contributed by atoms with Crippen LogP contribution < -0.4 is 9.62 Å². The highest BCUT2D eigenvalue weighted by Gasteiger charge is 2.33. The van der Waals surface area contributed by atoms with E-state index in [1.165, 1.54) is 29.2 Å². The second kappa shape index (κ2) is 13.1. The van der Waals surface area contributed by atoms with Gasteiger partial charge in [0.2, 0.25) is 11.8 Å². The quantitative estimate of drug-likeness (QED) is 0.330. The average Bonchev–Trinajstić information content (AvgIpc) is 2.90. The van der Waals surface area contributed by atoms with Gasteiger partial charge in [-0.2, -0.15) is 0 Å². The largest absolute Gasteiger partial charge is 0.354 e. The maximum absolute atomic E-state index is 13.9.